The maximum Gasteiger partial charge on any atom is 1.00 e. The topological polar surface area (TPSA) is 197 Å². The molecule has 0 atom stereocenters. The van der Waals surface area contributed by atoms with Crippen LogP contribution in [0.5, 0.6) is 0 Å². The second kappa shape index (κ2) is 13.8. The van der Waals surface area contributed by atoms with Crippen LogP contribution in [-0.2, 0) is 21.2 Å². The third-order valence-electron chi connectivity index (χ3n) is 7.06. The van der Waals surface area contributed by atoms with Gasteiger partial charge < -0.3 is 18.9 Å². The fraction of sp³-hybridized carbons (Fsp3) is 0.138. The number of benzene rings is 1. The predicted octanol–water partition coefficient (Wildman–Crippen LogP) is -4.04. The van der Waals surface area contributed by atoms with Crippen LogP contribution < -0.4 is 80.2 Å². The van der Waals surface area contributed by atoms with Crippen LogP contribution in [0.2, 0.25) is 0 Å². The van der Waals surface area contributed by atoms with Crippen molar-refractivity contribution >= 4 is 29.8 Å². The Morgan fingerprint density at radius 3 is 2.35 bits per heavy atom. The van der Waals surface area contributed by atoms with Crippen LogP contribution in [0.25, 0.3) is 44.7 Å². The zero-order chi connectivity index (χ0) is 31.2. The molecule has 17 heteroatoms. The third kappa shape index (κ3) is 6.85. The summed E-state index contributed by atoms with van der Waals surface area (Å²) in [7, 11) is -5.52. The number of phosphoric ester groups is 1. The number of fused-ring (bicyclic) bond motifs is 3. The van der Waals surface area contributed by atoms with Crippen LogP contribution >= 0.6 is 7.82 Å². The zero-order valence-electron chi connectivity index (χ0n) is 25.2. The summed E-state index contributed by atoms with van der Waals surface area (Å²) in [5.41, 5.74) is 0.0185. The van der Waals surface area contributed by atoms with E-state index in [1.807, 2.05) is 0 Å². The molecule has 0 bridgehead atoms. The minimum absolute atomic E-state index is 0. The largest absolute Gasteiger partial charge is 1.00 e. The van der Waals surface area contributed by atoms with E-state index in [4.69, 9.17) is 4.98 Å². The number of pyridine rings is 3. The number of rotatable bonds is 7. The quantitative estimate of drug-likeness (QED) is 0.0923. The first kappa shape index (κ1) is 35.5. The van der Waals surface area contributed by atoms with Crippen LogP contribution in [0.1, 0.15) is 19.4 Å². The Hall–Kier alpha value is -3.32. The van der Waals surface area contributed by atoms with E-state index in [1.54, 1.807) is 91.7 Å². The fourth-order valence-corrected chi connectivity index (χ4v) is 4.95. The molecule has 0 spiro atoms. The number of phosphoric acid groups is 1. The average Bonchev–Trinajstić information content (AvgIpc) is 3.56. The number of aromatic nitrogens is 7. The van der Waals surface area contributed by atoms with Crippen molar-refractivity contribution in [1.82, 2.24) is 33.9 Å². The Balaban J connectivity index is 0.00000240. The molecule has 0 radical (unpaired) electrons. The Morgan fingerprint density at radius 1 is 1.00 bits per heavy atom. The van der Waals surface area contributed by atoms with Gasteiger partial charge in [0.05, 0.1) is 47.1 Å². The molecular formula is C29H21N8Na2O6P. The van der Waals surface area contributed by atoms with Gasteiger partial charge in [0.25, 0.3) is 5.56 Å². The first-order chi connectivity index (χ1) is 21.0. The van der Waals surface area contributed by atoms with E-state index in [-0.39, 0.29) is 81.2 Å². The number of hydrogen-bond acceptors (Lipinski definition) is 11. The molecule has 14 nitrogen and oxygen atoms in total. The minimum Gasteiger partial charge on any atom is -0.790 e. The maximum absolute atomic E-state index is 13.8. The van der Waals surface area contributed by atoms with Gasteiger partial charge in [-0.1, -0.05) is 12.1 Å². The molecule has 0 N–H and O–H groups in total. The van der Waals surface area contributed by atoms with Crippen molar-refractivity contribution < 1.29 is 78.0 Å². The molecule has 6 aromatic rings. The molecule has 5 heterocycles. The van der Waals surface area contributed by atoms with Gasteiger partial charge >= 0.3 is 64.8 Å². The molecule has 6 rings (SSSR count). The van der Waals surface area contributed by atoms with Gasteiger partial charge in [-0.15, -0.1) is 0 Å². The Morgan fingerprint density at radius 2 is 1.74 bits per heavy atom. The summed E-state index contributed by atoms with van der Waals surface area (Å²) in [6.45, 7) is 2.36. The molecule has 0 saturated heterocycles. The summed E-state index contributed by atoms with van der Waals surface area (Å²) in [6.07, 6.45) is 6.25. The molecule has 5 aromatic heterocycles. The van der Waals surface area contributed by atoms with Gasteiger partial charge in [-0.05, 0) is 61.9 Å². The van der Waals surface area contributed by atoms with Crippen molar-refractivity contribution in [2.24, 2.45) is 0 Å². The fourth-order valence-electron chi connectivity index (χ4n) is 4.70. The SMILES string of the molecule is CC(C)(C#N)c1ccc(-n2c(=O)n(COP(=O)([O-])[O-])c(=O)c3cnc4ccc(-c5ccc(-n6cccn6)nc5)nc4c32)cc1.[Na+].[Na+]. The molecule has 0 saturated carbocycles. The first-order valence-corrected chi connectivity index (χ1v) is 14.5. The van der Waals surface area contributed by atoms with Crippen molar-refractivity contribution in [1.29, 1.82) is 5.26 Å². The Kier molecular flexibility index (Phi) is 10.7. The maximum atomic E-state index is 13.8. The van der Waals surface area contributed by atoms with E-state index >= 15 is 0 Å². The van der Waals surface area contributed by atoms with Crippen LogP contribution in [0.4, 0.5) is 0 Å². The standard InChI is InChI=1S/C29H23N8O6P.2Na/c1-29(2,16-30)19-5-7-20(8-6-19)37-26-21(27(38)35(28(37)39)17-43-44(40,41)42)15-31-23-10-9-22(34-25(23)26)18-4-11-24(32-14-18)36-13-3-12-33-36;;/h3-15H,17H2,1-2H3,(H2,40,41,42);;/q;2*+1/p-2. The normalized spacial score (nSPS) is 11.5. The van der Waals surface area contributed by atoms with Gasteiger partial charge in [0.2, 0.25) is 0 Å². The summed E-state index contributed by atoms with van der Waals surface area (Å²) >= 11 is 0. The van der Waals surface area contributed by atoms with Crippen molar-refractivity contribution in [2.75, 3.05) is 0 Å². The second-order valence-corrected chi connectivity index (χ2v) is 11.4. The van der Waals surface area contributed by atoms with E-state index in [0.29, 0.717) is 32.7 Å². The van der Waals surface area contributed by atoms with Gasteiger partial charge in [-0.25, -0.2) is 24.0 Å². The van der Waals surface area contributed by atoms with E-state index < -0.39 is 31.2 Å². The van der Waals surface area contributed by atoms with Gasteiger partial charge in [0, 0.05) is 30.4 Å². The Bertz CT molecular complexity index is 2260. The van der Waals surface area contributed by atoms with E-state index in [2.05, 4.69) is 25.7 Å². The second-order valence-electron chi connectivity index (χ2n) is 10.3. The summed E-state index contributed by atoms with van der Waals surface area (Å²) in [4.78, 5) is 63.3. The molecule has 0 unspecified atom stereocenters. The van der Waals surface area contributed by atoms with Gasteiger partial charge in [0.15, 0.2) is 5.82 Å². The first-order valence-electron chi connectivity index (χ1n) is 13.1. The van der Waals surface area contributed by atoms with Crippen molar-refractivity contribution in [2.45, 2.75) is 26.0 Å². The third-order valence-corrected chi connectivity index (χ3v) is 7.49. The van der Waals surface area contributed by atoms with Crippen molar-refractivity contribution in [3.8, 4) is 28.8 Å². The number of nitrogens with zero attached hydrogens (tertiary/aromatic N) is 8. The average molecular weight is 654 g/mol. The molecule has 220 valence electrons. The number of hydrogen-bond donors (Lipinski definition) is 0. The monoisotopic (exact) mass is 654 g/mol. The van der Waals surface area contributed by atoms with Crippen molar-refractivity contribution in [3.63, 3.8) is 0 Å². The summed E-state index contributed by atoms with van der Waals surface area (Å²) in [5.74, 6) is 0.590. The zero-order valence-corrected chi connectivity index (χ0v) is 30.1. The molecule has 1 aromatic carbocycles. The molecule has 0 aliphatic carbocycles. The van der Waals surface area contributed by atoms with Crippen LogP contribution in [0, 0.1) is 11.3 Å². The summed E-state index contributed by atoms with van der Waals surface area (Å²) in [5, 5.41) is 13.6. The van der Waals surface area contributed by atoms with Gasteiger partial charge in [-0.3, -0.25) is 14.3 Å². The van der Waals surface area contributed by atoms with Crippen LogP contribution in [0.3, 0.4) is 0 Å². The van der Waals surface area contributed by atoms with Gasteiger partial charge in [0.1, 0.15) is 12.2 Å². The van der Waals surface area contributed by atoms with E-state index in [0.717, 1.165) is 0 Å². The van der Waals surface area contributed by atoms with Crippen LogP contribution in [-0.4, -0.2) is 33.9 Å². The van der Waals surface area contributed by atoms with Crippen molar-refractivity contribution in [3.05, 3.63) is 106 Å². The Labute approximate surface area is 305 Å². The predicted molar refractivity (Wildman–Crippen MR) is 155 cm³/mol. The molecule has 46 heavy (non-hydrogen) atoms. The smallest absolute Gasteiger partial charge is 0.790 e. The molecule has 0 aliphatic heterocycles. The van der Waals surface area contributed by atoms with E-state index in [9.17, 15) is 29.2 Å². The molecule has 0 fully saturated rings. The van der Waals surface area contributed by atoms with Crippen LogP contribution in [0.15, 0.2) is 89.0 Å². The molecule has 0 amide bonds. The summed E-state index contributed by atoms with van der Waals surface area (Å²) < 4.78 is 18.8. The molecular weight excluding hydrogens is 633 g/mol. The van der Waals surface area contributed by atoms with Gasteiger partial charge in [-0.2, -0.15) is 10.4 Å². The summed E-state index contributed by atoms with van der Waals surface area (Å²) in [6, 6.07) is 17.5. The minimum atomic E-state index is -5.52. The number of nitriles is 1. The van der Waals surface area contributed by atoms with E-state index in [1.165, 1.54) is 10.8 Å². The molecule has 0 aliphatic rings.